The number of nitrogens with one attached hydrogen (secondary N) is 1. The summed E-state index contributed by atoms with van der Waals surface area (Å²) in [6, 6.07) is 9.27. The van der Waals surface area contributed by atoms with E-state index in [2.05, 4.69) is 15.4 Å². The minimum absolute atomic E-state index is 0.105. The Morgan fingerprint density at radius 2 is 2.00 bits per heavy atom. The van der Waals surface area contributed by atoms with Crippen molar-refractivity contribution in [3.05, 3.63) is 58.9 Å². The predicted molar refractivity (Wildman–Crippen MR) is 88.0 cm³/mol. The number of nitrogens with zero attached hydrogens (tertiary/aromatic N) is 3. The second-order valence-electron chi connectivity index (χ2n) is 5.10. The number of carbonyl (C=O) groups excluding carboxylic acids is 1. The highest BCUT2D eigenvalue weighted by atomic mass is 32.1. The molecule has 3 rings (SSSR count). The van der Waals surface area contributed by atoms with E-state index >= 15 is 0 Å². The van der Waals surface area contributed by atoms with Crippen LogP contribution in [0, 0.1) is 0 Å². The fraction of sp³-hybridized carbons (Fsp3) is 0.188. The van der Waals surface area contributed by atoms with Gasteiger partial charge in [0, 0.05) is 5.38 Å². The minimum Gasteiger partial charge on any atom is -0.298 e. The second-order valence-corrected chi connectivity index (χ2v) is 5.95. The van der Waals surface area contributed by atoms with Crippen molar-refractivity contribution in [2.24, 2.45) is 0 Å². The summed E-state index contributed by atoms with van der Waals surface area (Å²) in [4.78, 5) is 15.8. The van der Waals surface area contributed by atoms with Crippen LogP contribution in [-0.2, 0) is 12.6 Å². The maximum atomic E-state index is 12.6. The number of carbonyl (C=O) groups is 1. The number of alkyl halides is 3. The van der Waals surface area contributed by atoms with E-state index in [-0.39, 0.29) is 5.13 Å². The van der Waals surface area contributed by atoms with Crippen molar-refractivity contribution in [3.63, 3.8) is 0 Å². The molecule has 9 heteroatoms. The normalized spacial score (nSPS) is 11.5. The standard InChI is InChI=1S/C16H13F3N4OS/c1-2-12-11(8-20-23(12)10-6-4-3-5-7-10)14(24)22-15-21-13(9-25-15)16(17,18)19/h3-9H,2H2,1H3,(H,21,22,24). The number of rotatable bonds is 4. The van der Waals surface area contributed by atoms with Gasteiger partial charge in [0.1, 0.15) is 0 Å². The van der Waals surface area contributed by atoms with E-state index in [1.807, 2.05) is 37.3 Å². The lowest BCUT2D eigenvalue weighted by Crippen LogP contribution is -2.14. The third-order valence-electron chi connectivity index (χ3n) is 3.46. The molecule has 1 amide bonds. The van der Waals surface area contributed by atoms with Gasteiger partial charge in [-0.1, -0.05) is 25.1 Å². The number of thiazole rings is 1. The van der Waals surface area contributed by atoms with E-state index in [1.54, 1.807) is 4.68 Å². The van der Waals surface area contributed by atoms with E-state index in [4.69, 9.17) is 0 Å². The Kier molecular flexibility index (Phi) is 4.58. The van der Waals surface area contributed by atoms with Gasteiger partial charge >= 0.3 is 6.18 Å². The van der Waals surface area contributed by atoms with Crippen LogP contribution < -0.4 is 5.32 Å². The lowest BCUT2D eigenvalue weighted by atomic mass is 10.2. The van der Waals surface area contributed by atoms with E-state index in [9.17, 15) is 18.0 Å². The van der Waals surface area contributed by atoms with Crippen LogP contribution in [0.2, 0.25) is 0 Å². The number of hydrogen-bond acceptors (Lipinski definition) is 4. The summed E-state index contributed by atoms with van der Waals surface area (Å²) in [7, 11) is 0. The van der Waals surface area contributed by atoms with Gasteiger partial charge < -0.3 is 0 Å². The van der Waals surface area contributed by atoms with Gasteiger partial charge in [-0.2, -0.15) is 18.3 Å². The molecule has 3 aromatic rings. The molecular weight excluding hydrogens is 353 g/mol. The molecule has 0 saturated carbocycles. The van der Waals surface area contributed by atoms with E-state index < -0.39 is 17.8 Å². The zero-order valence-electron chi connectivity index (χ0n) is 13.0. The second kappa shape index (κ2) is 6.67. The molecule has 0 aliphatic heterocycles. The number of amides is 1. The number of anilines is 1. The number of aromatic nitrogens is 3. The third-order valence-corrected chi connectivity index (χ3v) is 4.22. The maximum absolute atomic E-state index is 12.6. The molecule has 0 fully saturated rings. The molecule has 2 aromatic heterocycles. The van der Waals surface area contributed by atoms with Crippen molar-refractivity contribution in [2.45, 2.75) is 19.5 Å². The van der Waals surface area contributed by atoms with E-state index in [0.29, 0.717) is 17.7 Å². The number of halogens is 3. The molecule has 25 heavy (non-hydrogen) atoms. The van der Waals surface area contributed by atoms with Gasteiger partial charge in [-0.15, -0.1) is 11.3 Å². The van der Waals surface area contributed by atoms with Crippen molar-refractivity contribution >= 4 is 22.4 Å². The SMILES string of the molecule is CCc1c(C(=O)Nc2nc(C(F)(F)F)cs2)cnn1-c1ccccc1. The van der Waals surface area contributed by atoms with Crippen molar-refractivity contribution in [2.75, 3.05) is 5.32 Å². The summed E-state index contributed by atoms with van der Waals surface area (Å²) in [5.74, 6) is -0.540. The van der Waals surface area contributed by atoms with Crippen LogP contribution >= 0.6 is 11.3 Å². The summed E-state index contributed by atoms with van der Waals surface area (Å²) >= 11 is 0.726. The van der Waals surface area contributed by atoms with Gasteiger partial charge in [0.25, 0.3) is 5.91 Å². The van der Waals surface area contributed by atoms with Crippen LogP contribution in [0.15, 0.2) is 41.9 Å². The highest BCUT2D eigenvalue weighted by molar-refractivity contribution is 7.14. The fourth-order valence-electron chi connectivity index (χ4n) is 2.32. The lowest BCUT2D eigenvalue weighted by Gasteiger charge is -2.07. The van der Waals surface area contributed by atoms with E-state index in [0.717, 1.165) is 22.4 Å². The zero-order chi connectivity index (χ0) is 18.0. The molecule has 0 unspecified atom stereocenters. The fourth-order valence-corrected chi connectivity index (χ4v) is 3.03. The summed E-state index contributed by atoms with van der Waals surface area (Å²) in [5, 5.41) is 7.39. The molecule has 0 aliphatic rings. The van der Waals surface area contributed by atoms with Gasteiger partial charge in [0.05, 0.1) is 23.1 Å². The van der Waals surface area contributed by atoms with Gasteiger partial charge in [0.15, 0.2) is 10.8 Å². The first kappa shape index (κ1) is 17.2. The first-order valence-electron chi connectivity index (χ1n) is 7.36. The summed E-state index contributed by atoms with van der Waals surface area (Å²) in [5.41, 5.74) is 0.738. The first-order chi connectivity index (χ1) is 11.9. The van der Waals surface area contributed by atoms with Gasteiger partial charge in [0.2, 0.25) is 0 Å². The Balaban J connectivity index is 1.86. The quantitative estimate of drug-likeness (QED) is 0.754. The number of para-hydroxylation sites is 1. The minimum atomic E-state index is -4.54. The van der Waals surface area contributed by atoms with Gasteiger partial charge in [-0.05, 0) is 18.6 Å². The first-order valence-corrected chi connectivity index (χ1v) is 8.24. The van der Waals surface area contributed by atoms with Crippen molar-refractivity contribution in [1.29, 1.82) is 0 Å². The Bertz CT molecular complexity index is 886. The lowest BCUT2D eigenvalue weighted by molar-refractivity contribution is -0.140. The highest BCUT2D eigenvalue weighted by Crippen LogP contribution is 2.31. The maximum Gasteiger partial charge on any atom is 0.434 e. The average molecular weight is 366 g/mol. The van der Waals surface area contributed by atoms with Crippen molar-refractivity contribution in [1.82, 2.24) is 14.8 Å². The molecule has 0 bridgehead atoms. The van der Waals surface area contributed by atoms with Gasteiger partial charge in [-0.3, -0.25) is 10.1 Å². The van der Waals surface area contributed by atoms with Crippen LogP contribution in [0.25, 0.3) is 5.69 Å². The number of hydrogen-bond donors (Lipinski definition) is 1. The van der Waals surface area contributed by atoms with Crippen LogP contribution in [0.3, 0.4) is 0 Å². The Hall–Kier alpha value is -2.68. The smallest absolute Gasteiger partial charge is 0.298 e. The molecule has 1 aromatic carbocycles. The molecule has 130 valence electrons. The Morgan fingerprint density at radius 1 is 1.28 bits per heavy atom. The molecule has 0 aliphatic carbocycles. The van der Waals surface area contributed by atoms with Crippen molar-refractivity contribution < 1.29 is 18.0 Å². The molecule has 0 spiro atoms. The Labute approximate surface area is 145 Å². The molecule has 0 radical (unpaired) electrons. The van der Waals surface area contributed by atoms with Crippen LogP contribution in [0.1, 0.15) is 28.7 Å². The average Bonchev–Trinajstić information content (AvgIpc) is 3.21. The van der Waals surface area contributed by atoms with E-state index in [1.165, 1.54) is 6.20 Å². The monoisotopic (exact) mass is 366 g/mol. The topological polar surface area (TPSA) is 59.8 Å². The summed E-state index contributed by atoms with van der Waals surface area (Å²) < 4.78 is 39.4. The summed E-state index contributed by atoms with van der Waals surface area (Å²) in [6.07, 6.45) is -2.60. The van der Waals surface area contributed by atoms with Crippen LogP contribution in [0.4, 0.5) is 18.3 Å². The zero-order valence-corrected chi connectivity index (χ0v) is 13.9. The molecule has 5 nitrogen and oxygen atoms in total. The molecule has 0 atom stereocenters. The molecule has 1 N–H and O–H groups in total. The third kappa shape index (κ3) is 3.55. The number of benzene rings is 1. The largest absolute Gasteiger partial charge is 0.434 e. The van der Waals surface area contributed by atoms with Gasteiger partial charge in [-0.25, -0.2) is 9.67 Å². The Morgan fingerprint density at radius 3 is 2.60 bits per heavy atom. The predicted octanol–water partition coefficient (Wildman–Crippen LogP) is 4.16. The van der Waals surface area contributed by atoms with Crippen molar-refractivity contribution in [3.8, 4) is 5.69 Å². The van der Waals surface area contributed by atoms with Crippen LogP contribution in [0.5, 0.6) is 0 Å². The van der Waals surface area contributed by atoms with Crippen LogP contribution in [-0.4, -0.2) is 20.7 Å². The molecule has 2 heterocycles. The summed E-state index contributed by atoms with van der Waals surface area (Å²) in [6.45, 7) is 1.87. The molecule has 0 saturated heterocycles. The molecular formula is C16H13F3N4OS. The highest BCUT2D eigenvalue weighted by Gasteiger charge is 2.34.